The number of nitrogens with zero attached hydrogens (tertiary/aromatic N) is 1. The summed E-state index contributed by atoms with van der Waals surface area (Å²) in [6, 6.07) is 15.4. The van der Waals surface area contributed by atoms with Crippen molar-refractivity contribution in [2.75, 3.05) is 12.9 Å². The van der Waals surface area contributed by atoms with Crippen LogP contribution in [0.4, 0.5) is 0 Å². The maximum absolute atomic E-state index is 13.3. The summed E-state index contributed by atoms with van der Waals surface area (Å²) in [6.07, 6.45) is 1.41. The highest BCUT2D eigenvalue weighted by Crippen LogP contribution is 2.20. The van der Waals surface area contributed by atoms with Gasteiger partial charge >= 0.3 is 0 Å². The molecule has 2 amide bonds. The first-order valence-electron chi connectivity index (χ1n) is 11.2. The van der Waals surface area contributed by atoms with E-state index in [1.54, 1.807) is 23.8 Å². The molecule has 0 radical (unpaired) electrons. The Morgan fingerprint density at radius 1 is 1.06 bits per heavy atom. The summed E-state index contributed by atoms with van der Waals surface area (Å²) in [5.74, 6) is 1.75. The predicted octanol–water partition coefficient (Wildman–Crippen LogP) is 4.96. The van der Waals surface area contributed by atoms with Crippen LogP contribution in [-0.2, 0) is 21.9 Å². The highest BCUT2D eigenvalue weighted by Gasteiger charge is 2.29. The third-order valence-electron chi connectivity index (χ3n) is 5.64. The Morgan fingerprint density at radius 3 is 2.34 bits per heavy atom. The van der Waals surface area contributed by atoms with E-state index in [0.717, 1.165) is 23.5 Å². The number of hydrogen-bond donors (Lipinski definition) is 1. The SMILES string of the molecule is CC[C@H](C)NC(=O)[C@H](CC)N(Cc1ccc(OC)cc1)C(=O)CSCc1ccccc1C. The van der Waals surface area contributed by atoms with Gasteiger partial charge in [0.2, 0.25) is 11.8 Å². The van der Waals surface area contributed by atoms with Gasteiger partial charge in [-0.2, -0.15) is 0 Å². The van der Waals surface area contributed by atoms with Crippen molar-refractivity contribution in [1.29, 1.82) is 0 Å². The molecule has 2 aromatic carbocycles. The zero-order chi connectivity index (χ0) is 23.5. The Morgan fingerprint density at radius 2 is 1.75 bits per heavy atom. The number of rotatable bonds is 12. The number of thioether (sulfide) groups is 1. The van der Waals surface area contributed by atoms with Gasteiger partial charge < -0.3 is 15.0 Å². The second-order valence-corrected chi connectivity index (χ2v) is 9.02. The number of carbonyl (C=O) groups is 2. The Labute approximate surface area is 196 Å². The lowest BCUT2D eigenvalue weighted by molar-refractivity contribution is -0.139. The number of amides is 2. The quantitative estimate of drug-likeness (QED) is 0.490. The fourth-order valence-corrected chi connectivity index (χ4v) is 4.38. The van der Waals surface area contributed by atoms with Crippen molar-refractivity contribution in [2.45, 2.75) is 64.9 Å². The Kier molecular flexibility index (Phi) is 10.6. The van der Waals surface area contributed by atoms with E-state index >= 15 is 0 Å². The van der Waals surface area contributed by atoms with Crippen molar-refractivity contribution in [1.82, 2.24) is 10.2 Å². The average molecular weight is 457 g/mol. The van der Waals surface area contributed by atoms with Crippen LogP contribution >= 0.6 is 11.8 Å². The molecule has 1 N–H and O–H groups in total. The molecule has 0 spiro atoms. The second kappa shape index (κ2) is 13.2. The fourth-order valence-electron chi connectivity index (χ4n) is 3.39. The zero-order valence-electron chi connectivity index (χ0n) is 19.9. The number of nitrogens with one attached hydrogen (secondary N) is 1. The lowest BCUT2D eigenvalue weighted by Crippen LogP contribution is -2.51. The number of ether oxygens (including phenoxy) is 1. The monoisotopic (exact) mass is 456 g/mol. The number of hydrogen-bond acceptors (Lipinski definition) is 4. The normalized spacial score (nSPS) is 12.7. The van der Waals surface area contributed by atoms with Crippen LogP contribution in [0, 0.1) is 6.92 Å². The molecular formula is C26H36N2O3S. The van der Waals surface area contributed by atoms with Gasteiger partial charge in [-0.1, -0.05) is 50.2 Å². The predicted molar refractivity (Wildman–Crippen MR) is 133 cm³/mol. The molecule has 0 saturated carbocycles. The molecule has 5 nitrogen and oxygen atoms in total. The lowest BCUT2D eigenvalue weighted by atomic mass is 10.1. The molecule has 174 valence electrons. The molecule has 0 heterocycles. The highest BCUT2D eigenvalue weighted by atomic mass is 32.2. The third kappa shape index (κ3) is 7.59. The Hall–Kier alpha value is -2.47. The number of methoxy groups -OCH3 is 1. The number of benzene rings is 2. The summed E-state index contributed by atoms with van der Waals surface area (Å²) in [4.78, 5) is 28.0. The van der Waals surface area contributed by atoms with Crippen LogP contribution in [0.2, 0.25) is 0 Å². The topological polar surface area (TPSA) is 58.6 Å². The van der Waals surface area contributed by atoms with Crippen LogP contribution in [0.3, 0.4) is 0 Å². The first-order valence-corrected chi connectivity index (χ1v) is 12.4. The van der Waals surface area contributed by atoms with E-state index in [0.29, 0.717) is 18.7 Å². The number of aryl methyl sites for hydroxylation is 1. The van der Waals surface area contributed by atoms with Crippen LogP contribution in [0.5, 0.6) is 5.75 Å². The summed E-state index contributed by atoms with van der Waals surface area (Å²) in [6.45, 7) is 8.45. The molecule has 0 unspecified atom stereocenters. The van der Waals surface area contributed by atoms with Crippen molar-refractivity contribution >= 4 is 23.6 Å². The molecule has 6 heteroatoms. The van der Waals surface area contributed by atoms with Gasteiger partial charge in [-0.05, 0) is 55.5 Å². The maximum atomic E-state index is 13.3. The molecule has 2 atom stereocenters. The van der Waals surface area contributed by atoms with Crippen LogP contribution < -0.4 is 10.1 Å². The minimum Gasteiger partial charge on any atom is -0.497 e. The molecule has 0 bridgehead atoms. The molecular weight excluding hydrogens is 420 g/mol. The molecule has 2 aromatic rings. The molecule has 2 rings (SSSR count). The standard InChI is InChI=1S/C26H36N2O3S/c1-6-20(4)27-26(30)24(7-2)28(16-21-12-14-23(31-5)15-13-21)25(29)18-32-17-22-11-9-8-10-19(22)3/h8-15,20,24H,6-7,16-18H2,1-5H3,(H,27,30)/t20-,24-/m0/s1. The number of carbonyl (C=O) groups excluding carboxylic acids is 2. The van der Waals surface area contributed by atoms with Crippen LogP contribution in [0.15, 0.2) is 48.5 Å². The third-order valence-corrected chi connectivity index (χ3v) is 6.61. The van der Waals surface area contributed by atoms with Gasteiger partial charge in [0.1, 0.15) is 11.8 Å². The average Bonchev–Trinajstić information content (AvgIpc) is 2.80. The summed E-state index contributed by atoms with van der Waals surface area (Å²) < 4.78 is 5.24. The molecule has 0 aromatic heterocycles. The van der Waals surface area contributed by atoms with E-state index in [1.807, 2.05) is 57.2 Å². The van der Waals surface area contributed by atoms with Gasteiger partial charge in [0.15, 0.2) is 0 Å². The van der Waals surface area contributed by atoms with Crippen LogP contribution in [-0.4, -0.2) is 41.7 Å². The molecule has 0 aliphatic carbocycles. The fraction of sp³-hybridized carbons (Fsp3) is 0.462. The summed E-state index contributed by atoms with van der Waals surface area (Å²) in [7, 11) is 1.63. The van der Waals surface area contributed by atoms with Gasteiger partial charge in [-0.15, -0.1) is 11.8 Å². The van der Waals surface area contributed by atoms with Crippen molar-refractivity contribution in [3.05, 3.63) is 65.2 Å². The van der Waals surface area contributed by atoms with Crippen LogP contribution in [0.25, 0.3) is 0 Å². The molecule has 0 aliphatic rings. The minimum absolute atomic E-state index is 0.0226. The summed E-state index contributed by atoms with van der Waals surface area (Å²) >= 11 is 1.59. The lowest BCUT2D eigenvalue weighted by Gasteiger charge is -2.31. The first-order chi connectivity index (χ1) is 15.4. The van der Waals surface area contributed by atoms with E-state index in [1.165, 1.54) is 11.1 Å². The van der Waals surface area contributed by atoms with Gasteiger partial charge in [-0.25, -0.2) is 0 Å². The summed E-state index contributed by atoms with van der Waals surface area (Å²) in [5, 5.41) is 3.05. The molecule has 0 aliphatic heterocycles. The van der Waals surface area contributed by atoms with Gasteiger partial charge in [0.05, 0.1) is 12.9 Å². The van der Waals surface area contributed by atoms with Gasteiger partial charge in [-0.3, -0.25) is 9.59 Å². The zero-order valence-corrected chi connectivity index (χ0v) is 20.7. The van der Waals surface area contributed by atoms with E-state index in [9.17, 15) is 9.59 Å². The highest BCUT2D eigenvalue weighted by molar-refractivity contribution is 7.99. The molecule has 0 saturated heterocycles. The van der Waals surface area contributed by atoms with Crippen molar-refractivity contribution in [3.8, 4) is 5.75 Å². The van der Waals surface area contributed by atoms with E-state index in [2.05, 4.69) is 24.4 Å². The van der Waals surface area contributed by atoms with E-state index in [4.69, 9.17) is 4.74 Å². The van der Waals surface area contributed by atoms with Gasteiger partial charge in [0.25, 0.3) is 0 Å². The Bertz CT molecular complexity index is 870. The first kappa shape index (κ1) is 25.8. The molecule has 32 heavy (non-hydrogen) atoms. The van der Waals surface area contributed by atoms with Crippen molar-refractivity contribution in [2.24, 2.45) is 0 Å². The maximum Gasteiger partial charge on any atom is 0.243 e. The Balaban J connectivity index is 2.15. The van der Waals surface area contributed by atoms with Crippen molar-refractivity contribution < 1.29 is 14.3 Å². The van der Waals surface area contributed by atoms with Crippen molar-refractivity contribution in [3.63, 3.8) is 0 Å². The smallest absolute Gasteiger partial charge is 0.243 e. The molecule has 0 fully saturated rings. The van der Waals surface area contributed by atoms with E-state index in [-0.39, 0.29) is 17.9 Å². The van der Waals surface area contributed by atoms with Gasteiger partial charge in [0, 0.05) is 18.3 Å². The minimum atomic E-state index is -0.502. The largest absolute Gasteiger partial charge is 0.497 e. The van der Waals surface area contributed by atoms with E-state index < -0.39 is 6.04 Å². The summed E-state index contributed by atoms with van der Waals surface area (Å²) in [5.41, 5.74) is 3.42. The van der Waals surface area contributed by atoms with Crippen LogP contribution in [0.1, 0.15) is 50.3 Å². The second-order valence-electron chi connectivity index (χ2n) is 8.03.